The Balaban J connectivity index is 2.46. The minimum absolute atomic E-state index is 0.130. The number of carboxylic acids is 1. The zero-order valence-electron chi connectivity index (χ0n) is 19.1. The molecule has 176 valence electrons. The van der Waals surface area contributed by atoms with Gasteiger partial charge in [-0.1, -0.05) is 31.9 Å². The number of urea groups is 1. The van der Waals surface area contributed by atoms with Gasteiger partial charge in [0.15, 0.2) is 6.10 Å². The van der Waals surface area contributed by atoms with Crippen molar-refractivity contribution in [1.29, 1.82) is 0 Å². The molecule has 2 N–H and O–H groups in total. The number of nitrogens with zero attached hydrogens (tertiary/aromatic N) is 1. The van der Waals surface area contributed by atoms with E-state index in [1.54, 1.807) is 24.0 Å². The first-order chi connectivity index (χ1) is 15.0. The van der Waals surface area contributed by atoms with E-state index in [0.29, 0.717) is 58.2 Å². The van der Waals surface area contributed by atoms with Gasteiger partial charge in [0.05, 0.1) is 13.2 Å². The average Bonchev–Trinajstić information content (AvgIpc) is 2.75. The van der Waals surface area contributed by atoms with E-state index in [1.165, 1.54) is 0 Å². The van der Waals surface area contributed by atoms with Crippen LogP contribution in [0.5, 0.6) is 5.75 Å². The first kappa shape index (κ1) is 26.7. The van der Waals surface area contributed by atoms with Gasteiger partial charge in [0.1, 0.15) is 12.4 Å². The zero-order chi connectivity index (χ0) is 22.9. The Morgan fingerprint density at radius 3 is 2.35 bits per heavy atom. The van der Waals surface area contributed by atoms with Crippen LogP contribution in [0, 0.1) is 0 Å². The van der Waals surface area contributed by atoms with E-state index in [4.69, 9.17) is 14.2 Å². The van der Waals surface area contributed by atoms with Crippen LogP contribution in [0.2, 0.25) is 0 Å². The highest BCUT2D eigenvalue weighted by Crippen LogP contribution is 2.14. The van der Waals surface area contributed by atoms with Gasteiger partial charge in [-0.3, -0.25) is 0 Å². The molecule has 0 saturated heterocycles. The Bertz CT molecular complexity index is 623. The Morgan fingerprint density at radius 1 is 1.03 bits per heavy atom. The summed E-state index contributed by atoms with van der Waals surface area (Å²) in [6.07, 6.45) is 2.78. The van der Waals surface area contributed by atoms with Crippen LogP contribution in [-0.2, 0) is 20.7 Å². The lowest BCUT2D eigenvalue weighted by molar-refractivity contribution is -0.149. The molecule has 0 aromatic heterocycles. The fourth-order valence-corrected chi connectivity index (χ4v) is 2.94. The molecule has 0 aliphatic rings. The van der Waals surface area contributed by atoms with Crippen LogP contribution in [0.3, 0.4) is 0 Å². The Morgan fingerprint density at radius 2 is 1.74 bits per heavy atom. The van der Waals surface area contributed by atoms with E-state index in [1.807, 2.05) is 19.1 Å². The molecule has 1 unspecified atom stereocenters. The van der Waals surface area contributed by atoms with Crippen molar-refractivity contribution < 1.29 is 28.9 Å². The summed E-state index contributed by atoms with van der Waals surface area (Å²) in [5, 5.41) is 12.0. The normalized spacial score (nSPS) is 11.7. The van der Waals surface area contributed by atoms with E-state index < -0.39 is 12.1 Å². The molecule has 31 heavy (non-hydrogen) atoms. The van der Waals surface area contributed by atoms with Crippen LogP contribution in [0.15, 0.2) is 24.3 Å². The highest BCUT2D eigenvalue weighted by Gasteiger charge is 2.18. The first-order valence-electron chi connectivity index (χ1n) is 11.2. The summed E-state index contributed by atoms with van der Waals surface area (Å²) in [7, 11) is 0. The maximum atomic E-state index is 12.3. The van der Waals surface area contributed by atoms with E-state index in [9.17, 15) is 14.7 Å². The number of nitrogens with one attached hydrogen (secondary N) is 1. The number of rotatable bonds is 17. The third-order valence-electron chi connectivity index (χ3n) is 4.63. The summed E-state index contributed by atoms with van der Waals surface area (Å²) < 4.78 is 16.6. The molecule has 0 aliphatic heterocycles. The lowest BCUT2D eigenvalue weighted by Crippen LogP contribution is -2.43. The van der Waals surface area contributed by atoms with Gasteiger partial charge < -0.3 is 29.5 Å². The molecule has 0 aliphatic carbocycles. The number of hydrogen-bond donors (Lipinski definition) is 2. The van der Waals surface area contributed by atoms with Gasteiger partial charge in [-0.15, -0.1) is 0 Å². The van der Waals surface area contributed by atoms with Crippen LogP contribution >= 0.6 is 0 Å². The topological polar surface area (TPSA) is 97.3 Å². The predicted molar refractivity (Wildman–Crippen MR) is 120 cm³/mol. The second-order valence-corrected chi connectivity index (χ2v) is 7.12. The minimum Gasteiger partial charge on any atom is -0.492 e. The number of carbonyl (C=O) groups excluding carboxylic acids is 1. The van der Waals surface area contributed by atoms with E-state index >= 15 is 0 Å². The molecule has 1 aromatic carbocycles. The molecular weight excluding hydrogens is 400 g/mol. The first-order valence-corrected chi connectivity index (χ1v) is 11.2. The number of amides is 2. The molecule has 1 atom stereocenters. The Hall–Kier alpha value is -2.32. The quantitative estimate of drug-likeness (QED) is 0.362. The summed E-state index contributed by atoms with van der Waals surface area (Å²) in [6.45, 7) is 9.24. The predicted octanol–water partition coefficient (Wildman–Crippen LogP) is 3.34. The molecule has 0 radical (unpaired) electrons. The molecular formula is C23H38N2O6. The maximum Gasteiger partial charge on any atom is 0.333 e. The molecule has 1 aromatic rings. The summed E-state index contributed by atoms with van der Waals surface area (Å²) in [5.41, 5.74) is 0.859. The lowest BCUT2D eigenvalue weighted by atomic mass is 10.1. The molecule has 2 amide bonds. The molecule has 8 heteroatoms. The second kappa shape index (κ2) is 16.4. The molecule has 0 heterocycles. The number of carboxylic acid groups (broad SMARTS) is 1. The van der Waals surface area contributed by atoms with Gasteiger partial charge >= 0.3 is 12.0 Å². The van der Waals surface area contributed by atoms with Gasteiger partial charge in [0.2, 0.25) is 0 Å². The standard InChI is InChI=1S/C23H38N2O6/c1-4-7-8-15-29-16-13-25(23(28)24-5-2)14-17-31-20-11-9-19(10-12-20)18-21(22(26)27)30-6-3/h9-12,21H,4-8,13-18H2,1-3H3,(H,24,28)(H,26,27). The lowest BCUT2D eigenvalue weighted by Gasteiger charge is -2.23. The van der Waals surface area contributed by atoms with Crippen molar-refractivity contribution >= 4 is 12.0 Å². The molecule has 0 bridgehead atoms. The summed E-state index contributed by atoms with van der Waals surface area (Å²) in [6, 6.07) is 7.13. The highest BCUT2D eigenvalue weighted by atomic mass is 16.5. The molecule has 0 spiro atoms. The molecule has 0 fully saturated rings. The van der Waals surface area contributed by atoms with Crippen molar-refractivity contribution in [1.82, 2.24) is 10.2 Å². The van der Waals surface area contributed by atoms with Crippen molar-refractivity contribution in [3.05, 3.63) is 29.8 Å². The third-order valence-corrected chi connectivity index (χ3v) is 4.63. The molecule has 8 nitrogen and oxygen atoms in total. The van der Waals surface area contributed by atoms with E-state index in [-0.39, 0.29) is 6.03 Å². The molecule has 1 rings (SSSR count). The zero-order valence-corrected chi connectivity index (χ0v) is 19.1. The fourth-order valence-electron chi connectivity index (χ4n) is 2.94. The summed E-state index contributed by atoms with van der Waals surface area (Å²) in [4.78, 5) is 25.2. The van der Waals surface area contributed by atoms with Crippen molar-refractivity contribution in [3.8, 4) is 5.75 Å². The van der Waals surface area contributed by atoms with Crippen LogP contribution in [0.25, 0.3) is 0 Å². The SMILES string of the molecule is CCCCCOCCN(CCOc1ccc(CC(OCC)C(=O)O)cc1)C(=O)NCC. The van der Waals surface area contributed by atoms with E-state index in [2.05, 4.69) is 12.2 Å². The maximum absolute atomic E-state index is 12.3. The number of benzene rings is 1. The van der Waals surface area contributed by atoms with Gasteiger partial charge in [0, 0.05) is 32.7 Å². The average molecular weight is 439 g/mol. The largest absolute Gasteiger partial charge is 0.492 e. The summed E-state index contributed by atoms with van der Waals surface area (Å²) in [5.74, 6) is -0.305. The van der Waals surface area contributed by atoms with Gasteiger partial charge in [-0.2, -0.15) is 0 Å². The van der Waals surface area contributed by atoms with Crippen molar-refractivity contribution in [2.24, 2.45) is 0 Å². The smallest absolute Gasteiger partial charge is 0.333 e. The van der Waals surface area contributed by atoms with Gasteiger partial charge in [0.25, 0.3) is 0 Å². The number of aliphatic carboxylic acids is 1. The number of carbonyl (C=O) groups is 2. The van der Waals surface area contributed by atoms with Crippen molar-refractivity contribution in [2.45, 2.75) is 52.6 Å². The molecule has 0 saturated carbocycles. The Labute approximate surface area is 185 Å². The van der Waals surface area contributed by atoms with Crippen LogP contribution < -0.4 is 10.1 Å². The minimum atomic E-state index is -0.970. The van der Waals surface area contributed by atoms with Crippen LogP contribution in [0.1, 0.15) is 45.6 Å². The fraction of sp³-hybridized carbons (Fsp3) is 0.652. The number of hydrogen-bond acceptors (Lipinski definition) is 5. The second-order valence-electron chi connectivity index (χ2n) is 7.12. The third kappa shape index (κ3) is 11.6. The van der Waals surface area contributed by atoms with Crippen LogP contribution in [0.4, 0.5) is 4.79 Å². The van der Waals surface area contributed by atoms with Crippen molar-refractivity contribution in [3.63, 3.8) is 0 Å². The monoisotopic (exact) mass is 438 g/mol. The Kier molecular flexibility index (Phi) is 14.1. The van der Waals surface area contributed by atoms with Crippen LogP contribution in [-0.4, -0.2) is 74.2 Å². The summed E-state index contributed by atoms with van der Waals surface area (Å²) >= 11 is 0. The highest BCUT2D eigenvalue weighted by molar-refractivity contribution is 5.74. The van der Waals surface area contributed by atoms with Crippen molar-refractivity contribution in [2.75, 3.05) is 46.1 Å². The number of unbranched alkanes of at least 4 members (excludes halogenated alkanes) is 2. The van der Waals surface area contributed by atoms with Gasteiger partial charge in [-0.05, 0) is 38.0 Å². The van der Waals surface area contributed by atoms with Gasteiger partial charge in [-0.25, -0.2) is 9.59 Å². The van der Waals surface area contributed by atoms with E-state index in [0.717, 1.165) is 24.8 Å². The number of ether oxygens (including phenoxy) is 3.